The van der Waals surface area contributed by atoms with E-state index in [0.717, 1.165) is 83.1 Å². The molecule has 0 saturated heterocycles. The van der Waals surface area contributed by atoms with E-state index < -0.39 is 0 Å². The lowest BCUT2D eigenvalue weighted by Crippen LogP contribution is -1.96. The quantitative estimate of drug-likeness (QED) is 0.198. The molecule has 0 radical (unpaired) electrons. The molecule has 224 valence electrons. The van der Waals surface area contributed by atoms with Gasteiger partial charge < -0.3 is 8.83 Å². The van der Waals surface area contributed by atoms with Gasteiger partial charge in [0.2, 0.25) is 0 Å². The van der Waals surface area contributed by atoms with Crippen LogP contribution >= 0.6 is 0 Å². The molecule has 0 aliphatic carbocycles. The first-order chi connectivity index (χ1) is 23.8. The van der Waals surface area contributed by atoms with E-state index in [-0.39, 0.29) is 0 Å². The highest BCUT2D eigenvalue weighted by Gasteiger charge is 2.22. The second-order valence-corrected chi connectivity index (χ2v) is 12.1. The Morgan fingerprint density at radius 2 is 1.00 bits per heavy atom. The van der Waals surface area contributed by atoms with Gasteiger partial charge in [0.25, 0.3) is 0 Å². The standard InChI is InChI=1S/C44H26N2O2/c1-3-12-29(13-4-1)35-26-36(30-14-5-2-6-15-30)46-44(45-35)31-21-19-28(20-22-31)34-25-39-42(41-33-17-9-10-18-37(33)48-43(34)41)40-32-16-8-7-11-27(32)23-24-38(40)47-39/h1-26H. The van der Waals surface area contributed by atoms with Crippen molar-refractivity contribution in [2.45, 2.75) is 0 Å². The van der Waals surface area contributed by atoms with Gasteiger partial charge in [-0.05, 0) is 40.6 Å². The summed E-state index contributed by atoms with van der Waals surface area (Å²) in [5, 5.41) is 6.70. The van der Waals surface area contributed by atoms with E-state index in [0.29, 0.717) is 5.82 Å². The molecule has 4 heteroatoms. The first-order valence-corrected chi connectivity index (χ1v) is 16.1. The maximum Gasteiger partial charge on any atom is 0.160 e. The van der Waals surface area contributed by atoms with Crippen LogP contribution in [0.3, 0.4) is 0 Å². The zero-order valence-electron chi connectivity index (χ0n) is 25.7. The van der Waals surface area contributed by atoms with Gasteiger partial charge in [0.05, 0.1) is 11.4 Å². The number of furan rings is 2. The van der Waals surface area contributed by atoms with E-state index in [1.807, 2.05) is 48.5 Å². The van der Waals surface area contributed by atoms with Crippen molar-refractivity contribution in [3.63, 3.8) is 0 Å². The molecule has 7 aromatic carbocycles. The number of hydrogen-bond donors (Lipinski definition) is 0. The first kappa shape index (κ1) is 26.7. The lowest BCUT2D eigenvalue weighted by molar-refractivity contribution is 0.664. The molecular formula is C44H26N2O2. The van der Waals surface area contributed by atoms with Crippen molar-refractivity contribution in [2.24, 2.45) is 0 Å². The molecule has 0 aliphatic rings. The van der Waals surface area contributed by atoms with Crippen molar-refractivity contribution >= 4 is 54.6 Å². The summed E-state index contributed by atoms with van der Waals surface area (Å²) in [6.45, 7) is 0. The third-order valence-corrected chi connectivity index (χ3v) is 9.29. The average Bonchev–Trinajstić information content (AvgIpc) is 3.74. The Bertz CT molecular complexity index is 2760. The summed E-state index contributed by atoms with van der Waals surface area (Å²) >= 11 is 0. The van der Waals surface area contributed by atoms with Crippen molar-refractivity contribution < 1.29 is 8.83 Å². The van der Waals surface area contributed by atoms with Gasteiger partial charge in [-0.15, -0.1) is 0 Å². The van der Waals surface area contributed by atoms with Gasteiger partial charge >= 0.3 is 0 Å². The number of rotatable bonds is 4. The van der Waals surface area contributed by atoms with Crippen molar-refractivity contribution in [1.29, 1.82) is 0 Å². The van der Waals surface area contributed by atoms with Crippen LogP contribution in [0.25, 0.3) is 99.7 Å². The van der Waals surface area contributed by atoms with Gasteiger partial charge in [0.15, 0.2) is 5.82 Å². The molecule has 0 N–H and O–H groups in total. The number of fused-ring (bicyclic) bond motifs is 9. The summed E-state index contributed by atoms with van der Waals surface area (Å²) < 4.78 is 13.2. The van der Waals surface area contributed by atoms with Gasteiger partial charge in [0.1, 0.15) is 22.3 Å². The Kier molecular flexibility index (Phi) is 5.84. The number of nitrogens with zero attached hydrogens (tertiary/aromatic N) is 2. The maximum absolute atomic E-state index is 6.65. The van der Waals surface area contributed by atoms with Crippen LogP contribution < -0.4 is 0 Å². The van der Waals surface area contributed by atoms with Crippen LogP contribution in [0.15, 0.2) is 167 Å². The molecule has 48 heavy (non-hydrogen) atoms. The van der Waals surface area contributed by atoms with Crippen LogP contribution in [0.5, 0.6) is 0 Å². The fourth-order valence-corrected chi connectivity index (χ4v) is 7.02. The molecule has 0 saturated carbocycles. The molecule has 0 bridgehead atoms. The minimum absolute atomic E-state index is 0.676. The third kappa shape index (κ3) is 4.16. The summed E-state index contributed by atoms with van der Waals surface area (Å²) in [5.41, 5.74) is 10.2. The van der Waals surface area contributed by atoms with Gasteiger partial charge in [-0.1, -0.05) is 133 Å². The molecule has 0 fully saturated rings. The Balaban J connectivity index is 1.17. The molecule has 4 nitrogen and oxygen atoms in total. The van der Waals surface area contributed by atoms with E-state index in [1.54, 1.807) is 0 Å². The van der Waals surface area contributed by atoms with E-state index in [9.17, 15) is 0 Å². The van der Waals surface area contributed by atoms with Crippen molar-refractivity contribution in [1.82, 2.24) is 9.97 Å². The summed E-state index contributed by atoms with van der Waals surface area (Å²) in [5.74, 6) is 0.676. The predicted octanol–water partition coefficient (Wildman–Crippen LogP) is 12.1. The van der Waals surface area contributed by atoms with Crippen LogP contribution in [0.1, 0.15) is 0 Å². The normalized spacial score (nSPS) is 11.8. The van der Waals surface area contributed by atoms with E-state index in [2.05, 4.69) is 109 Å². The smallest absolute Gasteiger partial charge is 0.160 e. The monoisotopic (exact) mass is 614 g/mol. The molecule has 0 unspecified atom stereocenters. The molecule has 10 aromatic rings. The molecule has 0 atom stereocenters. The topological polar surface area (TPSA) is 52.1 Å². The van der Waals surface area contributed by atoms with Crippen molar-refractivity contribution in [3.05, 3.63) is 158 Å². The minimum Gasteiger partial charge on any atom is -0.456 e. The molecule has 10 rings (SSSR count). The highest BCUT2D eigenvalue weighted by Crippen LogP contribution is 2.46. The third-order valence-electron chi connectivity index (χ3n) is 9.29. The zero-order valence-corrected chi connectivity index (χ0v) is 25.7. The van der Waals surface area contributed by atoms with Gasteiger partial charge in [-0.25, -0.2) is 9.97 Å². The molecule has 3 aromatic heterocycles. The number of aromatic nitrogens is 2. The Morgan fingerprint density at radius 3 is 1.73 bits per heavy atom. The fraction of sp³-hybridized carbons (Fsp3) is 0. The Labute approximate surface area is 275 Å². The van der Waals surface area contributed by atoms with Crippen LogP contribution in [-0.4, -0.2) is 9.97 Å². The van der Waals surface area contributed by atoms with Gasteiger partial charge in [-0.2, -0.15) is 0 Å². The lowest BCUT2D eigenvalue weighted by atomic mass is 9.96. The second-order valence-electron chi connectivity index (χ2n) is 12.1. The summed E-state index contributed by atoms with van der Waals surface area (Å²) in [7, 11) is 0. The van der Waals surface area contributed by atoms with Crippen LogP contribution in [-0.2, 0) is 0 Å². The van der Waals surface area contributed by atoms with Crippen LogP contribution in [0.4, 0.5) is 0 Å². The van der Waals surface area contributed by atoms with E-state index in [4.69, 9.17) is 18.8 Å². The van der Waals surface area contributed by atoms with E-state index in [1.165, 1.54) is 10.8 Å². The van der Waals surface area contributed by atoms with E-state index >= 15 is 0 Å². The number of para-hydroxylation sites is 1. The Morgan fingerprint density at radius 1 is 0.375 bits per heavy atom. The molecule has 3 heterocycles. The Hall–Kier alpha value is -6.52. The zero-order chi connectivity index (χ0) is 31.6. The summed E-state index contributed by atoms with van der Waals surface area (Å²) in [6, 6.07) is 54.1. The summed E-state index contributed by atoms with van der Waals surface area (Å²) in [6.07, 6.45) is 0. The molecule has 0 spiro atoms. The largest absolute Gasteiger partial charge is 0.456 e. The summed E-state index contributed by atoms with van der Waals surface area (Å²) in [4.78, 5) is 10.1. The van der Waals surface area contributed by atoms with Crippen LogP contribution in [0.2, 0.25) is 0 Å². The van der Waals surface area contributed by atoms with Crippen molar-refractivity contribution in [2.75, 3.05) is 0 Å². The molecule has 0 amide bonds. The maximum atomic E-state index is 6.65. The number of hydrogen-bond acceptors (Lipinski definition) is 4. The van der Waals surface area contributed by atoms with Gasteiger partial charge in [0, 0.05) is 43.8 Å². The van der Waals surface area contributed by atoms with Crippen LogP contribution in [0, 0.1) is 0 Å². The highest BCUT2D eigenvalue weighted by molar-refractivity contribution is 6.32. The SMILES string of the molecule is c1ccc(-c2cc(-c3ccccc3)nc(-c3ccc(-c4cc5oc6ccc7ccccc7c6c5c5c4oc4ccccc45)cc3)n2)cc1. The second kappa shape index (κ2) is 10.5. The highest BCUT2D eigenvalue weighted by atomic mass is 16.3. The first-order valence-electron chi connectivity index (χ1n) is 16.1. The average molecular weight is 615 g/mol. The predicted molar refractivity (Wildman–Crippen MR) is 196 cm³/mol. The minimum atomic E-state index is 0.676. The van der Waals surface area contributed by atoms with Gasteiger partial charge in [-0.3, -0.25) is 0 Å². The lowest BCUT2D eigenvalue weighted by Gasteiger charge is -2.10. The van der Waals surface area contributed by atoms with Crippen molar-refractivity contribution in [3.8, 4) is 45.0 Å². The number of benzene rings is 7. The fourth-order valence-electron chi connectivity index (χ4n) is 7.02. The molecule has 0 aliphatic heterocycles. The molecular weight excluding hydrogens is 588 g/mol.